The molecule has 0 radical (unpaired) electrons. The molecule has 0 fully saturated rings. The van der Waals surface area contributed by atoms with Crippen LogP contribution in [-0.2, 0) is 23.9 Å². The molecule has 33 heavy (non-hydrogen) atoms. The van der Waals surface area contributed by atoms with E-state index in [9.17, 15) is 14.4 Å². The second-order valence-electron chi connectivity index (χ2n) is 7.83. The maximum absolute atomic E-state index is 11.5. The maximum atomic E-state index is 11.5. The number of carboxylic acid groups (broad SMARTS) is 1. The minimum absolute atomic E-state index is 0.0134. The van der Waals surface area contributed by atoms with Crippen molar-refractivity contribution >= 4 is 18.2 Å². The van der Waals surface area contributed by atoms with E-state index in [2.05, 4.69) is 34.9 Å². The Balaban J connectivity index is 4.60. The van der Waals surface area contributed by atoms with E-state index in [1.165, 1.54) is 7.11 Å². The Labute approximate surface area is 197 Å². The van der Waals surface area contributed by atoms with E-state index in [1.807, 2.05) is 16.7 Å². The lowest BCUT2D eigenvalue weighted by Gasteiger charge is -2.29. The molecule has 0 aromatic carbocycles. The summed E-state index contributed by atoms with van der Waals surface area (Å²) >= 11 is 0. The van der Waals surface area contributed by atoms with Gasteiger partial charge in [-0.2, -0.15) is 0 Å². The highest BCUT2D eigenvalue weighted by atomic mass is 16.7. The summed E-state index contributed by atoms with van der Waals surface area (Å²) in [4.78, 5) is 37.5. The van der Waals surface area contributed by atoms with Gasteiger partial charge in [-0.3, -0.25) is 24.8 Å². The number of esters is 1. The van der Waals surface area contributed by atoms with E-state index >= 15 is 0 Å². The Hall–Kier alpha value is -1.67. The van der Waals surface area contributed by atoms with Gasteiger partial charge in [0.2, 0.25) is 0 Å². The van der Waals surface area contributed by atoms with Crippen molar-refractivity contribution in [1.82, 2.24) is 30.9 Å². The van der Waals surface area contributed by atoms with Crippen LogP contribution in [0.25, 0.3) is 0 Å². The van der Waals surface area contributed by atoms with Crippen LogP contribution in [0.1, 0.15) is 20.8 Å². The smallest absolute Gasteiger partial charge is 0.322 e. The number of nitrogens with zero attached hydrogens (tertiary/aromatic N) is 3. The van der Waals surface area contributed by atoms with Crippen LogP contribution < -0.4 is 16.1 Å². The molecule has 0 aromatic rings. The van der Waals surface area contributed by atoms with Crippen LogP contribution in [0.3, 0.4) is 0 Å². The van der Waals surface area contributed by atoms with Crippen LogP contribution in [0, 0.1) is 0 Å². The van der Waals surface area contributed by atoms with Crippen molar-refractivity contribution in [2.24, 2.45) is 0 Å². The number of nitrogens with one attached hydrogen (secondary N) is 3. The van der Waals surface area contributed by atoms with Gasteiger partial charge < -0.3 is 30.0 Å². The van der Waals surface area contributed by atoms with E-state index in [0.717, 1.165) is 19.4 Å². The number of methoxy groups -OCH3 is 1. The largest absolute Gasteiger partial charge is 0.480 e. The Morgan fingerprint density at radius 2 is 1.73 bits per heavy atom. The quantitative estimate of drug-likeness (QED) is 0.0446. The van der Waals surface area contributed by atoms with Crippen LogP contribution in [0.5, 0.6) is 0 Å². The normalized spacial score (nSPS) is 11.6. The summed E-state index contributed by atoms with van der Waals surface area (Å²) in [5.41, 5.74) is 3.39. The highest BCUT2D eigenvalue weighted by molar-refractivity contribution is 5.71. The lowest BCUT2D eigenvalue weighted by atomic mass is 10.4. The number of aliphatic carboxylic acids is 1. The summed E-state index contributed by atoms with van der Waals surface area (Å²) in [5, 5.41) is 17.5. The Morgan fingerprint density at radius 3 is 2.33 bits per heavy atom. The van der Waals surface area contributed by atoms with E-state index in [1.54, 1.807) is 0 Å². The zero-order chi connectivity index (χ0) is 24.9. The van der Waals surface area contributed by atoms with Gasteiger partial charge in [0.15, 0.2) is 6.79 Å². The highest BCUT2D eigenvalue weighted by Gasteiger charge is 2.13. The van der Waals surface area contributed by atoms with Crippen molar-refractivity contribution in [2.75, 3.05) is 92.4 Å². The highest BCUT2D eigenvalue weighted by Crippen LogP contribution is 1.94. The molecule has 0 rings (SSSR count). The summed E-state index contributed by atoms with van der Waals surface area (Å²) < 4.78 is 9.55. The number of carbonyl (C=O) groups excluding carboxylic acids is 2. The van der Waals surface area contributed by atoms with Crippen LogP contribution in [0.4, 0.5) is 0 Å². The van der Waals surface area contributed by atoms with Gasteiger partial charge >= 0.3 is 11.9 Å². The SMILES string of the molecule is CCN(CCN(CC=O)CCN(CCNCC(=O)OCOC)NCCNC(C)C)CC(=O)O. The Kier molecular flexibility index (Phi) is 19.8. The van der Waals surface area contributed by atoms with E-state index in [0.29, 0.717) is 51.9 Å². The number of ether oxygens (including phenoxy) is 2. The predicted molar refractivity (Wildman–Crippen MR) is 126 cm³/mol. The van der Waals surface area contributed by atoms with E-state index < -0.39 is 5.97 Å². The zero-order valence-corrected chi connectivity index (χ0v) is 20.7. The molecule has 0 saturated carbocycles. The molecule has 0 aliphatic heterocycles. The van der Waals surface area contributed by atoms with Gasteiger partial charge in [-0.25, -0.2) is 5.01 Å². The summed E-state index contributed by atoms with van der Waals surface area (Å²) in [5.74, 6) is -1.24. The summed E-state index contributed by atoms with van der Waals surface area (Å²) in [6.45, 7) is 12.3. The molecule has 0 saturated heterocycles. The molecule has 0 amide bonds. The van der Waals surface area contributed by atoms with Gasteiger partial charge in [-0.1, -0.05) is 20.8 Å². The van der Waals surface area contributed by atoms with Gasteiger partial charge in [0.1, 0.15) is 6.29 Å². The molecule has 194 valence electrons. The Morgan fingerprint density at radius 1 is 1.03 bits per heavy atom. The molecule has 0 aromatic heterocycles. The van der Waals surface area contributed by atoms with Crippen LogP contribution in [0.15, 0.2) is 0 Å². The first kappa shape index (κ1) is 31.3. The minimum atomic E-state index is -0.859. The molecule has 0 aliphatic carbocycles. The van der Waals surface area contributed by atoms with Gasteiger partial charge in [-0.05, 0) is 6.54 Å². The van der Waals surface area contributed by atoms with E-state index in [-0.39, 0.29) is 32.4 Å². The molecule has 0 aliphatic rings. The van der Waals surface area contributed by atoms with Gasteiger partial charge in [-0.15, -0.1) is 0 Å². The average molecular weight is 477 g/mol. The summed E-state index contributed by atoms with van der Waals surface area (Å²) in [6, 6.07) is 0.399. The standard InChI is InChI=1S/C21H44N6O6/c1-5-25(17-20(29)30)10-11-26(14-15-28)12-13-27(24-7-6-23-19(2)3)9-8-22-16-21(31)33-18-32-4/h15,19,22-24H,5-14,16-18H2,1-4H3,(H,29,30). The van der Waals surface area contributed by atoms with Crippen LogP contribution >= 0.6 is 0 Å². The number of rotatable bonds is 23. The number of hydrogen-bond acceptors (Lipinski definition) is 11. The number of carboxylic acids is 1. The van der Waals surface area contributed by atoms with Crippen LogP contribution in [-0.4, -0.2) is 137 Å². The van der Waals surface area contributed by atoms with E-state index in [4.69, 9.17) is 14.6 Å². The first-order valence-corrected chi connectivity index (χ1v) is 11.5. The number of likely N-dealkylation sites (N-methyl/N-ethyl adjacent to an activating group) is 1. The van der Waals surface area contributed by atoms with Gasteiger partial charge in [0.05, 0.1) is 19.6 Å². The molecule has 12 nitrogen and oxygen atoms in total. The second kappa shape index (κ2) is 20.9. The number of hydrazine groups is 1. The molecule has 0 atom stereocenters. The average Bonchev–Trinajstić information content (AvgIpc) is 2.77. The Bertz CT molecular complexity index is 525. The summed E-state index contributed by atoms with van der Waals surface area (Å²) in [7, 11) is 1.46. The molecular formula is C21H44N6O6. The van der Waals surface area contributed by atoms with Crippen molar-refractivity contribution in [3.8, 4) is 0 Å². The number of carbonyl (C=O) groups is 3. The topological polar surface area (TPSA) is 136 Å². The first-order chi connectivity index (χ1) is 15.8. The molecule has 0 unspecified atom stereocenters. The molecule has 4 N–H and O–H groups in total. The summed E-state index contributed by atoms with van der Waals surface area (Å²) in [6.07, 6.45) is 0.866. The third-order valence-electron chi connectivity index (χ3n) is 4.74. The molecular weight excluding hydrogens is 432 g/mol. The lowest BCUT2D eigenvalue weighted by Crippen LogP contribution is -2.49. The van der Waals surface area contributed by atoms with Crippen molar-refractivity contribution in [3.63, 3.8) is 0 Å². The molecule has 0 spiro atoms. The molecule has 12 heteroatoms. The fraction of sp³-hybridized carbons (Fsp3) is 0.857. The monoisotopic (exact) mass is 476 g/mol. The third-order valence-corrected chi connectivity index (χ3v) is 4.74. The van der Waals surface area contributed by atoms with Gasteiger partial charge in [0.25, 0.3) is 0 Å². The molecule has 0 heterocycles. The third kappa shape index (κ3) is 19.5. The fourth-order valence-corrected chi connectivity index (χ4v) is 2.91. The maximum Gasteiger partial charge on any atom is 0.322 e. The van der Waals surface area contributed by atoms with Crippen molar-refractivity contribution in [2.45, 2.75) is 26.8 Å². The van der Waals surface area contributed by atoms with Gasteiger partial charge in [0, 0.05) is 65.5 Å². The first-order valence-electron chi connectivity index (χ1n) is 11.5. The minimum Gasteiger partial charge on any atom is -0.480 e. The number of aldehydes is 1. The zero-order valence-electron chi connectivity index (χ0n) is 20.7. The molecule has 0 bridgehead atoms. The van der Waals surface area contributed by atoms with Crippen molar-refractivity contribution in [1.29, 1.82) is 0 Å². The second-order valence-corrected chi connectivity index (χ2v) is 7.83. The number of hydrogen-bond donors (Lipinski definition) is 4. The fourth-order valence-electron chi connectivity index (χ4n) is 2.91. The van der Waals surface area contributed by atoms with Crippen LogP contribution in [0.2, 0.25) is 0 Å². The van der Waals surface area contributed by atoms with Crippen molar-refractivity contribution < 1.29 is 29.0 Å². The lowest BCUT2D eigenvalue weighted by molar-refractivity contribution is -0.152. The van der Waals surface area contributed by atoms with Crippen molar-refractivity contribution in [3.05, 3.63) is 0 Å². The predicted octanol–water partition coefficient (Wildman–Crippen LogP) is -1.56.